The van der Waals surface area contributed by atoms with E-state index in [0.717, 1.165) is 4.88 Å². The van der Waals surface area contributed by atoms with Crippen LogP contribution < -0.4 is 4.74 Å². The summed E-state index contributed by atoms with van der Waals surface area (Å²) in [4.78, 5) is 16.7. The third kappa shape index (κ3) is 3.21. The molecule has 0 N–H and O–H groups in total. The first-order valence-electron chi connectivity index (χ1n) is 5.09. The largest absolute Gasteiger partial charge is 0.486 e. The Morgan fingerprint density at radius 2 is 2.28 bits per heavy atom. The Kier molecular flexibility index (Phi) is 4.17. The third-order valence-corrected chi connectivity index (χ3v) is 3.35. The highest BCUT2D eigenvalue weighted by Gasteiger charge is 2.09. The van der Waals surface area contributed by atoms with E-state index in [4.69, 9.17) is 16.3 Å². The lowest BCUT2D eigenvalue weighted by Gasteiger charge is -2.03. The van der Waals surface area contributed by atoms with Gasteiger partial charge in [0.2, 0.25) is 0 Å². The molecule has 0 aromatic carbocycles. The Morgan fingerprint density at radius 1 is 1.44 bits per heavy atom. The molecule has 0 amide bonds. The van der Waals surface area contributed by atoms with Crippen LogP contribution in [0.5, 0.6) is 5.75 Å². The van der Waals surface area contributed by atoms with Crippen LogP contribution in [0, 0.1) is 0 Å². The Hall–Kier alpha value is -1.59. The van der Waals surface area contributed by atoms with Gasteiger partial charge in [0.1, 0.15) is 17.2 Å². The van der Waals surface area contributed by atoms with Crippen LogP contribution in [0.3, 0.4) is 0 Å². The molecule has 18 heavy (non-hydrogen) atoms. The number of rotatable bonds is 4. The van der Waals surface area contributed by atoms with Crippen LogP contribution in [0.15, 0.2) is 30.6 Å². The number of thiophene rings is 1. The van der Waals surface area contributed by atoms with Gasteiger partial charge in [-0.3, -0.25) is 4.98 Å². The van der Waals surface area contributed by atoms with E-state index in [1.54, 1.807) is 18.3 Å². The topological polar surface area (TPSA) is 48.4 Å². The predicted octanol–water partition coefficient (Wildman–Crippen LogP) is 3.16. The van der Waals surface area contributed by atoms with Crippen molar-refractivity contribution in [3.63, 3.8) is 0 Å². The average Bonchev–Trinajstić information content (AvgIpc) is 2.84. The standard InChI is InChI=1S/C12H10ClNO3S/c1-16-12(15)11-3-2-10(18-11)7-17-9-4-8(13)5-14-6-9/h2-6H,7H2,1H3. The quantitative estimate of drug-likeness (QED) is 0.809. The molecule has 0 saturated carbocycles. The molecule has 0 spiro atoms. The number of aromatic nitrogens is 1. The van der Waals surface area contributed by atoms with Crippen LogP contribution >= 0.6 is 22.9 Å². The molecule has 0 fully saturated rings. The van der Waals surface area contributed by atoms with E-state index in [-0.39, 0.29) is 5.97 Å². The van der Waals surface area contributed by atoms with Gasteiger partial charge in [0.05, 0.1) is 18.3 Å². The first-order chi connectivity index (χ1) is 8.69. The van der Waals surface area contributed by atoms with Crippen LogP contribution in [0.25, 0.3) is 0 Å². The number of halogens is 1. The molecule has 2 rings (SSSR count). The number of carbonyl (C=O) groups is 1. The van der Waals surface area contributed by atoms with Gasteiger partial charge in [-0.25, -0.2) is 4.79 Å². The number of carbonyl (C=O) groups excluding carboxylic acids is 1. The number of esters is 1. The van der Waals surface area contributed by atoms with E-state index in [0.29, 0.717) is 22.3 Å². The van der Waals surface area contributed by atoms with E-state index in [1.807, 2.05) is 6.07 Å². The number of nitrogens with zero attached hydrogens (tertiary/aromatic N) is 1. The third-order valence-electron chi connectivity index (χ3n) is 2.11. The second-order valence-electron chi connectivity index (χ2n) is 3.39. The fourth-order valence-corrected chi connectivity index (χ4v) is 2.29. The Morgan fingerprint density at radius 3 is 3.00 bits per heavy atom. The smallest absolute Gasteiger partial charge is 0.348 e. The Balaban J connectivity index is 1.98. The number of ether oxygens (including phenoxy) is 2. The molecule has 0 bridgehead atoms. The minimum atomic E-state index is -0.337. The highest BCUT2D eigenvalue weighted by molar-refractivity contribution is 7.13. The lowest BCUT2D eigenvalue weighted by atomic mass is 10.4. The maximum Gasteiger partial charge on any atom is 0.348 e. The fourth-order valence-electron chi connectivity index (χ4n) is 1.29. The summed E-state index contributed by atoms with van der Waals surface area (Å²) >= 11 is 7.13. The summed E-state index contributed by atoms with van der Waals surface area (Å²) in [6, 6.07) is 5.23. The van der Waals surface area contributed by atoms with E-state index in [9.17, 15) is 4.79 Å². The molecule has 4 nitrogen and oxygen atoms in total. The summed E-state index contributed by atoms with van der Waals surface area (Å²) in [7, 11) is 1.36. The molecular formula is C12H10ClNO3S. The SMILES string of the molecule is COC(=O)c1ccc(COc2cncc(Cl)c2)s1. The maximum atomic E-state index is 11.3. The molecule has 0 atom stereocenters. The second-order valence-corrected chi connectivity index (χ2v) is 4.99. The molecule has 2 aromatic rings. The highest BCUT2D eigenvalue weighted by atomic mass is 35.5. The van der Waals surface area contributed by atoms with Crippen molar-refractivity contribution in [2.75, 3.05) is 7.11 Å². The number of hydrogen-bond donors (Lipinski definition) is 0. The highest BCUT2D eigenvalue weighted by Crippen LogP contribution is 2.21. The summed E-state index contributed by atoms with van der Waals surface area (Å²) in [5.74, 6) is 0.256. The molecule has 2 aromatic heterocycles. The summed E-state index contributed by atoms with van der Waals surface area (Å²) in [6.07, 6.45) is 3.12. The van der Waals surface area contributed by atoms with Crippen molar-refractivity contribution in [2.45, 2.75) is 6.61 Å². The first-order valence-corrected chi connectivity index (χ1v) is 6.29. The predicted molar refractivity (Wildman–Crippen MR) is 69.2 cm³/mol. The van der Waals surface area contributed by atoms with E-state index < -0.39 is 0 Å². The van der Waals surface area contributed by atoms with Crippen LogP contribution in [-0.4, -0.2) is 18.1 Å². The van der Waals surface area contributed by atoms with Gasteiger partial charge < -0.3 is 9.47 Å². The van der Waals surface area contributed by atoms with Crippen LogP contribution in [0.1, 0.15) is 14.5 Å². The van der Waals surface area contributed by atoms with Gasteiger partial charge in [-0.05, 0) is 12.1 Å². The summed E-state index contributed by atoms with van der Waals surface area (Å²) < 4.78 is 10.1. The Bertz CT molecular complexity index is 556. The zero-order valence-electron chi connectivity index (χ0n) is 9.55. The molecule has 0 aliphatic carbocycles. The van der Waals surface area contributed by atoms with E-state index in [1.165, 1.54) is 24.6 Å². The van der Waals surface area contributed by atoms with Gasteiger partial charge in [0, 0.05) is 17.1 Å². The monoisotopic (exact) mass is 283 g/mol. The van der Waals surface area contributed by atoms with Gasteiger partial charge in [0.15, 0.2) is 0 Å². The fraction of sp³-hybridized carbons (Fsp3) is 0.167. The van der Waals surface area contributed by atoms with Crippen molar-refractivity contribution in [3.8, 4) is 5.75 Å². The van der Waals surface area contributed by atoms with Crippen LogP contribution in [0.2, 0.25) is 5.02 Å². The summed E-state index contributed by atoms with van der Waals surface area (Å²) in [5, 5.41) is 0.522. The minimum absolute atomic E-state index is 0.337. The van der Waals surface area contributed by atoms with Crippen molar-refractivity contribution in [2.24, 2.45) is 0 Å². The Labute approximate surface area is 113 Å². The number of methoxy groups -OCH3 is 1. The van der Waals surface area contributed by atoms with Gasteiger partial charge in [0.25, 0.3) is 0 Å². The average molecular weight is 284 g/mol. The van der Waals surface area contributed by atoms with Crippen LogP contribution in [0.4, 0.5) is 0 Å². The number of hydrogen-bond acceptors (Lipinski definition) is 5. The molecule has 0 saturated heterocycles. The van der Waals surface area contributed by atoms with E-state index >= 15 is 0 Å². The van der Waals surface area contributed by atoms with Crippen molar-refractivity contribution >= 4 is 28.9 Å². The van der Waals surface area contributed by atoms with Crippen molar-refractivity contribution in [1.82, 2.24) is 4.98 Å². The van der Waals surface area contributed by atoms with Crippen molar-refractivity contribution in [3.05, 3.63) is 45.4 Å². The van der Waals surface area contributed by atoms with Crippen molar-refractivity contribution in [1.29, 1.82) is 0 Å². The minimum Gasteiger partial charge on any atom is -0.486 e. The van der Waals surface area contributed by atoms with Crippen molar-refractivity contribution < 1.29 is 14.3 Å². The second kappa shape index (κ2) is 5.84. The molecule has 6 heteroatoms. The first kappa shape index (κ1) is 12.9. The zero-order chi connectivity index (χ0) is 13.0. The summed E-state index contributed by atoms with van der Waals surface area (Å²) in [5.41, 5.74) is 0. The van der Waals surface area contributed by atoms with Gasteiger partial charge in [-0.1, -0.05) is 11.6 Å². The molecule has 0 aliphatic heterocycles. The molecule has 94 valence electrons. The molecular weight excluding hydrogens is 274 g/mol. The van der Waals surface area contributed by atoms with Gasteiger partial charge in [-0.2, -0.15) is 0 Å². The van der Waals surface area contributed by atoms with E-state index in [2.05, 4.69) is 9.72 Å². The summed E-state index contributed by atoms with van der Waals surface area (Å²) in [6.45, 7) is 0.365. The molecule has 0 radical (unpaired) electrons. The maximum absolute atomic E-state index is 11.3. The van der Waals surface area contributed by atoms with Gasteiger partial charge in [-0.15, -0.1) is 11.3 Å². The zero-order valence-corrected chi connectivity index (χ0v) is 11.1. The molecule has 0 unspecified atom stereocenters. The molecule has 2 heterocycles. The number of pyridine rings is 1. The lowest BCUT2D eigenvalue weighted by molar-refractivity contribution is 0.0606. The van der Waals surface area contributed by atoms with Crippen LogP contribution in [-0.2, 0) is 11.3 Å². The molecule has 0 aliphatic rings. The normalized spacial score (nSPS) is 10.1. The lowest BCUT2D eigenvalue weighted by Crippen LogP contribution is -1.97. The van der Waals surface area contributed by atoms with Gasteiger partial charge >= 0.3 is 5.97 Å².